The lowest BCUT2D eigenvalue weighted by molar-refractivity contribution is 0.271. The fourth-order valence-corrected chi connectivity index (χ4v) is 1.99. The van der Waals surface area contributed by atoms with Crippen LogP contribution in [0.25, 0.3) is 0 Å². The molecular formula is C15H21N3O. The van der Waals surface area contributed by atoms with Crippen molar-refractivity contribution >= 4 is 0 Å². The maximum atomic E-state index is 5.35. The zero-order valence-corrected chi connectivity index (χ0v) is 12.0. The van der Waals surface area contributed by atoms with Crippen LogP contribution >= 0.6 is 0 Å². The summed E-state index contributed by atoms with van der Waals surface area (Å²) in [5, 5.41) is 7.38. The zero-order valence-electron chi connectivity index (χ0n) is 12.0. The van der Waals surface area contributed by atoms with Gasteiger partial charge in [0.05, 0.1) is 5.54 Å². The van der Waals surface area contributed by atoms with Gasteiger partial charge >= 0.3 is 0 Å². The van der Waals surface area contributed by atoms with E-state index in [1.165, 1.54) is 11.1 Å². The quantitative estimate of drug-likeness (QED) is 0.897. The number of nitrogens with zero attached hydrogens (tertiary/aromatic N) is 2. The molecule has 2 rings (SSSR count). The predicted molar refractivity (Wildman–Crippen MR) is 75.0 cm³/mol. The fraction of sp³-hybridized carbons (Fsp3) is 0.467. The molecule has 19 heavy (non-hydrogen) atoms. The molecule has 0 unspecified atom stereocenters. The number of aromatic nitrogens is 2. The van der Waals surface area contributed by atoms with E-state index >= 15 is 0 Å². The average Bonchev–Trinajstić information content (AvgIpc) is 2.81. The molecule has 0 spiro atoms. The highest BCUT2D eigenvalue weighted by Gasteiger charge is 2.26. The molecule has 0 saturated carbocycles. The Morgan fingerprint density at radius 2 is 1.89 bits per heavy atom. The second kappa shape index (κ2) is 5.53. The van der Waals surface area contributed by atoms with Gasteiger partial charge in [0.2, 0.25) is 5.89 Å². The summed E-state index contributed by atoms with van der Waals surface area (Å²) in [6.07, 6.45) is 0.700. The van der Waals surface area contributed by atoms with Gasteiger partial charge in [-0.1, -0.05) is 41.9 Å². The van der Waals surface area contributed by atoms with Crippen LogP contribution in [0.2, 0.25) is 0 Å². The van der Waals surface area contributed by atoms with Gasteiger partial charge in [-0.15, -0.1) is 0 Å². The lowest BCUT2D eigenvalue weighted by atomic mass is 10.1. The third kappa shape index (κ3) is 3.41. The van der Waals surface area contributed by atoms with Crippen LogP contribution in [0.5, 0.6) is 0 Å². The first-order valence-corrected chi connectivity index (χ1v) is 6.65. The summed E-state index contributed by atoms with van der Waals surface area (Å²) >= 11 is 0. The van der Waals surface area contributed by atoms with Crippen molar-refractivity contribution < 1.29 is 4.52 Å². The van der Waals surface area contributed by atoms with Gasteiger partial charge in [-0.2, -0.15) is 4.98 Å². The zero-order chi connectivity index (χ0) is 13.9. The minimum absolute atomic E-state index is 0.284. The monoisotopic (exact) mass is 259 g/mol. The molecule has 2 aromatic rings. The predicted octanol–water partition coefficient (Wildman–Crippen LogP) is 2.81. The van der Waals surface area contributed by atoms with Crippen LogP contribution in [-0.4, -0.2) is 16.7 Å². The summed E-state index contributed by atoms with van der Waals surface area (Å²) in [6.45, 7) is 9.09. The highest BCUT2D eigenvalue weighted by atomic mass is 16.5. The van der Waals surface area contributed by atoms with Gasteiger partial charge in [-0.3, -0.25) is 0 Å². The third-order valence-corrected chi connectivity index (χ3v) is 3.10. The molecule has 1 heterocycles. The highest BCUT2D eigenvalue weighted by Crippen LogP contribution is 2.18. The van der Waals surface area contributed by atoms with Gasteiger partial charge in [0.25, 0.3) is 0 Å². The Morgan fingerprint density at radius 3 is 2.53 bits per heavy atom. The van der Waals surface area contributed by atoms with Crippen LogP contribution in [-0.2, 0) is 12.0 Å². The van der Waals surface area contributed by atoms with E-state index in [0.29, 0.717) is 12.3 Å². The molecular weight excluding hydrogens is 238 g/mol. The first-order valence-electron chi connectivity index (χ1n) is 6.65. The van der Waals surface area contributed by atoms with Crippen molar-refractivity contribution in [1.82, 2.24) is 15.5 Å². The smallest absolute Gasteiger partial charge is 0.246 e. The molecule has 0 amide bonds. The second-order valence-electron chi connectivity index (χ2n) is 5.33. The van der Waals surface area contributed by atoms with Crippen LogP contribution in [0.1, 0.15) is 43.6 Å². The minimum Gasteiger partial charge on any atom is -0.337 e. The number of hydrogen-bond acceptors (Lipinski definition) is 4. The maximum absolute atomic E-state index is 5.35. The molecule has 0 aliphatic carbocycles. The Bertz CT molecular complexity index is 529. The molecule has 4 nitrogen and oxygen atoms in total. The van der Waals surface area contributed by atoms with Gasteiger partial charge in [0.1, 0.15) is 0 Å². The summed E-state index contributed by atoms with van der Waals surface area (Å²) in [5.41, 5.74) is 2.16. The van der Waals surface area contributed by atoms with Crippen LogP contribution in [0.15, 0.2) is 28.8 Å². The third-order valence-electron chi connectivity index (χ3n) is 3.10. The normalized spacial score (nSPS) is 11.8. The van der Waals surface area contributed by atoms with E-state index in [9.17, 15) is 0 Å². The molecule has 0 atom stereocenters. The van der Waals surface area contributed by atoms with Crippen molar-refractivity contribution in [3.63, 3.8) is 0 Å². The van der Waals surface area contributed by atoms with E-state index in [-0.39, 0.29) is 5.54 Å². The Morgan fingerprint density at radius 1 is 1.21 bits per heavy atom. The summed E-state index contributed by atoms with van der Waals surface area (Å²) in [4.78, 5) is 4.48. The molecule has 1 aromatic heterocycles. The lowest BCUT2D eigenvalue weighted by Gasteiger charge is -2.20. The van der Waals surface area contributed by atoms with E-state index in [2.05, 4.69) is 53.6 Å². The first kappa shape index (κ1) is 13.7. The molecule has 0 saturated heterocycles. The van der Waals surface area contributed by atoms with Gasteiger partial charge in [-0.05, 0) is 32.9 Å². The molecule has 0 bridgehead atoms. The SMILES string of the molecule is CCNC(C)(C)c1nc(Cc2ccc(C)cc2)no1. The standard InChI is InChI=1S/C15H21N3O/c1-5-16-15(3,4)14-17-13(18-19-14)10-12-8-6-11(2)7-9-12/h6-9,16H,5,10H2,1-4H3. The number of rotatable bonds is 5. The Labute approximate surface area is 114 Å². The molecule has 102 valence electrons. The van der Waals surface area contributed by atoms with Crippen molar-refractivity contribution in [3.8, 4) is 0 Å². The van der Waals surface area contributed by atoms with Gasteiger partial charge in [-0.25, -0.2) is 0 Å². The molecule has 0 fully saturated rings. The van der Waals surface area contributed by atoms with Crippen LogP contribution in [0, 0.1) is 6.92 Å². The summed E-state index contributed by atoms with van der Waals surface area (Å²) in [6, 6.07) is 8.39. The largest absolute Gasteiger partial charge is 0.337 e. The number of benzene rings is 1. The molecule has 0 aliphatic rings. The van der Waals surface area contributed by atoms with Crippen molar-refractivity contribution in [2.24, 2.45) is 0 Å². The maximum Gasteiger partial charge on any atom is 0.246 e. The Kier molecular flexibility index (Phi) is 4.00. The van der Waals surface area contributed by atoms with Crippen LogP contribution in [0.4, 0.5) is 0 Å². The van der Waals surface area contributed by atoms with E-state index in [1.54, 1.807) is 0 Å². The van der Waals surface area contributed by atoms with E-state index < -0.39 is 0 Å². The summed E-state index contributed by atoms with van der Waals surface area (Å²) in [7, 11) is 0. The van der Waals surface area contributed by atoms with Crippen molar-refractivity contribution in [1.29, 1.82) is 0 Å². The van der Waals surface area contributed by atoms with Crippen molar-refractivity contribution in [2.75, 3.05) is 6.54 Å². The number of aryl methyl sites for hydroxylation is 1. The van der Waals surface area contributed by atoms with Crippen LogP contribution < -0.4 is 5.32 Å². The Balaban J connectivity index is 2.11. The van der Waals surface area contributed by atoms with Gasteiger partial charge < -0.3 is 9.84 Å². The Hall–Kier alpha value is -1.68. The minimum atomic E-state index is -0.284. The van der Waals surface area contributed by atoms with E-state index in [1.807, 2.05) is 13.8 Å². The summed E-state index contributed by atoms with van der Waals surface area (Å²) < 4.78 is 5.35. The highest BCUT2D eigenvalue weighted by molar-refractivity contribution is 5.23. The van der Waals surface area contributed by atoms with Crippen molar-refractivity contribution in [3.05, 3.63) is 47.1 Å². The summed E-state index contributed by atoms with van der Waals surface area (Å²) in [5.74, 6) is 1.36. The number of hydrogen-bond donors (Lipinski definition) is 1. The number of nitrogens with one attached hydrogen (secondary N) is 1. The fourth-order valence-electron chi connectivity index (χ4n) is 1.99. The molecule has 4 heteroatoms. The molecule has 1 N–H and O–H groups in total. The van der Waals surface area contributed by atoms with E-state index in [0.717, 1.165) is 12.4 Å². The average molecular weight is 259 g/mol. The van der Waals surface area contributed by atoms with E-state index in [4.69, 9.17) is 4.52 Å². The van der Waals surface area contributed by atoms with Gasteiger partial charge in [0.15, 0.2) is 5.82 Å². The first-order chi connectivity index (χ1) is 9.01. The van der Waals surface area contributed by atoms with Gasteiger partial charge in [0, 0.05) is 6.42 Å². The molecule has 1 aromatic carbocycles. The second-order valence-corrected chi connectivity index (χ2v) is 5.33. The van der Waals surface area contributed by atoms with Crippen molar-refractivity contribution in [2.45, 2.75) is 39.7 Å². The van der Waals surface area contributed by atoms with Crippen LogP contribution in [0.3, 0.4) is 0 Å². The molecule has 0 aliphatic heterocycles. The lowest BCUT2D eigenvalue weighted by Crippen LogP contribution is -2.36. The molecule has 0 radical (unpaired) electrons. The topological polar surface area (TPSA) is 51.0 Å².